The smallest absolute Gasteiger partial charge is 0.335 e. The second-order valence-corrected chi connectivity index (χ2v) is 7.36. The molecule has 1 atom stereocenters. The number of carbonyl (C=O) groups is 1. The summed E-state index contributed by atoms with van der Waals surface area (Å²) in [6.45, 7) is 3.98. The second kappa shape index (κ2) is 9.97. The molecule has 3 aromatic carbocycles. The van der Waals surface area contributed by atoms with Gasteiger partial charge in [-0.05, 0) is 60.2 Å². The lowest BCUT2D eigenvalue weighted by Crippen LogP contribution is -2.08. The van der Waals surface area contributed by atoms with Crippen LogP contribution in [0.4, 0.5) is 0 Å². The standard InChI is InChI=1S/C26H28O4/c1-4-5-11-23(19-9-7-6-8-10-19)30-25-17-21(13-15-24(25)29-3)20-12-14-22(26(27)28)18(2)16-20/h6-10,12-17,23H,4-5,11H2,1-3H3,(H,27,28). The van der Waals surface area contributed by atoms with Gasteiger partial charge in [-0.25, -0.2) is 4.79 Å². The number of ether oxygens (including phenoxy) is 2. The van der Waals surface area contributed by atoms with Crippen molar-refractivity contribution in [2.45, 2.75) is 39.2 Å². The number of hydrogen-bond acceptors (Lipinski definition) is 3. The van der Waals surface area contributed by atoms with E-state index in [1.54, 1.807) is 13.2 Å². The van der Waals surface area contributed by atoms with Gasteiger partial charge in [0.1, 0.15) is 6.10 Å². The van der Waals surface area contributed by atoms with E-state index in [9.17, 15) is 9.90 Å². The van der Waals surface area contributed by atoms with Crippen LogP contribution in [0, 0.1) is 6.92 Å². The van der Waals surface area contributed by atoms with E-state index >= 15 is 0 Å². The highest BCUT2D eigenvalue weighted by molar-refractivity contribution is 5.90. The molecule has 1 N–H and O–H groups in total. The van der Waals surface area contributed by atoms with E-state index in [-0.39, 0.29) is 6.10 Å². The third-order valence-electron chi connectivity index (χ3n) is 5.21. The van der Waals surface area contributed by atoms with Gasteiger partial charge in [0.25, 0.3) is 0 Å². The number of unbranched alkanes of at least 4 members (excludes halogenated alkanes) is 1. The molecule has 0 heterocycles. The molecule has 3 rings (SSSR count). The van der Waals surface area contributed by atoms with Crippen molar-refractivity contribution in [3.63, 3.8) is 0 Å². The summed E-state index contributed by atoms with van der Waals surface area (Å²) >= 11 is 0. The van der Waals surface area contributed by atoms with Gasteiger partial charge in [0.2, 0.25) is 0 Å². The molecule has 0 fully saturated rings. The molecule has 30 heavy (non-hydrogen) atoms. The van der Waals surface area contributed by atoms with Crippen LogP contribution in [0.15, 0.2) is 66.7 Å². The molecule has 4 nitrogen and oxygen atoms in total. The summed E-state index contributed by atoms with van der Waals surface area (Å²) < 4.78 is 12.0. The Morgan fingerprint density at radius 1 is 0.967 bits per heavy atom. The summed E-state index contributed by atoms with van der Waals surface area (Å²) in [5.74, 6) is 0.439. The van der Waals surface area contributed by atoms with Gasteiger partial charge in [-0.15, -0.1) is 0 Å². The number of methoxy groups -OCH3 is 1. The predicted octanol–water partition coefficient (Wildman–Crippen LogP) is 6.68. The first-order valence-electron chi connectivity index (χ1n) is 10.3. The third-order valence-corrected chi connectivity index (χ3v) is 5.21. The Morgan fingerprint density at radius 3 is 2.30 bits per heavy atom. The van der Waals surface area contributed by atoms with E-state index in [0.29, 0.717) is 17.1 Å². The number of rotatable bonds is 9. The molecule has 0 aliphatic heterocycles. The van der Waals surface area contributed by atoms with Crippen molar-refractivity contribution in [2.75, 3.05) is 7.11 Å². The van der Waals surface area contributed by atoms with Crippen LogP contribution in [0.3, 0.4) is 0 Å². The largest absolute Gasteiger partial charge is 0.493 e. The number of aryl methyl sites for hydroxylation is 1. The highest BCUT2D eigenvalue weighted by Crippen LogP contribution is 2.37. The van der Waals surface area contributed by atoms with Crippen molar-refractivity contribution in [3.8, 4) is 22.6 Å². The fourth-order valence-electron chi connectivity index (χ4n) is 3.54. The first-order valence-corrected chi connectivity index (χ1v) is 10.3. The van der Waals surface area contributed by atoms with Gasteiger partial charge >= 0.3 is 5.97 Å². The molecule has 0 spiro atoms. The summed E-state index contributed by atoms with van der Waals surface area (Å²) in [4.78, 5) is 11.3. The Balaban J connectivity index is 1.95. The number of carboxylic acid groups (broad SMARTS) is 1. The molecule has 0 amide bonds. The molecule has 0 aromatic heterocycles. The normalized spacial score (nSPS) is 11.7. The zero-order valence-electron chi connectivity index (χ0n) is 17.7. The maximum Gasteiger partial charge on any atom is 0.335 e. The van der Waals surface area contributed by atoms with Crippen molar-refractivity contribution in [1.29, 1.82) is 0 Å². The van der Waals surface area contributed by atoms with Crippen molar-refractivity contribution >= 4 is 5.97 Å². The summed E-state index contributed by atoms with van der Waals surface area (Å²) in [7, 11) is 1.64. The molecule has 0 saturated heterocycles. The first kappa shape index (κ1) is 21.4. The number of hydrogen-bond donors (Lipinski definition) is 1. The zero-order valence-corrected chi connectivity index (χ0v) is 17.7. The Kier molecular flexibility index (Phi) is 7.12. The summed E-state index contributed by atoms with van der Waals surface area (Å²) in [5, 5.41) is 9.28. The van der Waals surface area contributed by atoms with Crippen LogP contribution in [0.2, 0.25) is 0 Å². The number of benzene rings is 3. The van der Waals surface area contributed by atoms with Gasteiger partial charge < -0.3 is 14.6 Å². The lowest BCUT2D eigenvalue weighted by Gasteiger charge is -2.21. The molecule has 0 aliphatic carbocycles. The third kappa shape index (κ3) is 5.01. The monoisotopic (exact) mass is 404 g/mol. The van der Waals surface area contributed by atoms with Gasteiger partial charge in [0, 0.05) is 0 Å². The van der Waals surface area contributed by atoms with E-state index < -0.39 is 5.97 Å². The lowest BCUT2D eigenvalue weighted by atomic mass is 9.99. The minimum Gasteiger partial charge on any atom is -0.493 e. The maximum atomic E-state index is 11.3. The Bertz CT molecular complexity index is 995. The van der Waals surface area contributed by atoms with E-state index in [0.717, 1.165) is 41.5 Å². The van der Waals surface area contributed by atoms with Crippen molar-refractivity contribution in [1.82, 2.24) is 0 Å². The fraction of sp³-hybridized carbons (Fsp3) is 0.269. The lowest BCUT2D eigenvalue weighted by molar-refractivity contribution is 0.0696. The topological polar surface area (TPSA) is 55.8 Å². The highest BCUT2D eigenvalue weighted by atomic mass is 16.5. The van der Waals surface area contributed by atoms with Crippen molar-refractivity contribution < 1.29 is 19.4 Å². The Hall–Kier alpha value is -3.27. The van der Waals surface area contributed by atoms with Gasteiger partial charge in [-0.2, -0.15) is 0 Å². The van der Waals surface area contributed by atoms with Crippen molar-refractivity contribution in [3.05, 3.63) is 83.4 Å². The van der Waals surface area contributed by atoms with E-state index in [1.807, 2.05) is 55.5 Å². The Morgan fingerprint density at radius 2 is 1.67 bits per heavy atom. The fourth-order valence-corrected chi connectivity index (χ4v) is 3.54. The maximum absolute atomic E-state index is 11.3. The van der Waals surface area contributed by atoms with E-state index in [2.05, 4.69) is 19.1 Å². The van der Waals surface area contributed by atoms with Crippen molar-refractivity contribution in [2.24, 2.45) is 0 Å². The van der Waals surface area contributed by atoms with Crippen LogP contribution in [0.5, 0.6) is 11.5 Å². The SMILES string of the molecule is CCCCC(Oc1cc(-c2ccc(C(=O)O)c(C)c2)ccc1OC)c1ccccc1. The average molecular weight is 405 g/mol. The van der Waals surface area contributed by atoms with Crippen LogP contribution in [-0.4, -0.2) is 18.2 Å². The molecule has 4 heteroatoms. The second-order valence-electron chi connectivity index (χ2n) is 7.36. The number of aromatic carboxylic acids is 1. The van der Waals surface area contributed by atoms with Gasteiger partial charge in [0.15, 0.2) is 11.5 Å². The summed E-state index contributed by atoms with van der Waals surface area (Å²) in [5.41, 5.74) is 4.07. The van der Waals surface area contributed by atoms with Gasteiger partial charge in [0.05, 0.1) is 12.7 Å². The average Bonchev–Trinajstić information content (AvgIpc) is 2.76. The van der Waals surface area contributed by atoms with Crippen LogP contribution >= 0.6 is 0 Å². The molecular weight excluding hydrogens is 376 g/mol. The summed E-state index contributed by atoms with van der Waals surface area (Å²) in [6.07, 6.45) is 3.02. The van der Waals surface area contributed by atoms with Crippen LogP contribution in [0.1, 0.15) is 53.8 Å². The highest BCUT2D eigenvalue weighted by Gasteiger charge is 2.17. The van der Waals surface area contributed by atoms with Crippen LogP contribution in [0.25, 0.3) is 11.1 Å². The Labute approximate surface area is 178 Å². The molecule has 0 aliphatic rings. The summed E-state index contributed by atoms with van der Waals surface area (Å²) in [6, 6.07) is 21.4. The number of carboxylic acids is 1. The molecule has 1 unspecified atom stereocenters. The van der Waals surface area contributed by atoms with Gasteiger partial charge in [-0.1, -0.05) is 61.9 Å². The van der Waals surface area contributed by atoms with Crippen LogP contribution in [-0.2, 0) is 0 Å². The van der Waals surface area contributed by atoms with Crippen LogP contribution < -0.4 is 9.47 Å². The minimum atomic E-state index is -0.917. The predicted molar refractivity (Wildman–Crippen MR) is 119 cm³/mol. The van der Waals surface area contributed by atoms with E-state index in [4.69, 9.17) is 9.47 Å². The zero-order chi connectivity index (χ0) is 21.5. The molecular formula is C26H28O4. The molecule has 0 saturated carbocycles. The molecule has 0 bridgehead atoms. The molecule has 156 valence electrons. The van der Waals surface area contributed by atoms with Gasteiger partial charge in [-0.3, -0.25) is 0 Å². The first-order chi connectivity index (χ1) is 14.5. The van der Waals surface area contributed by atoms with E-state index in [1.165, 1.54) is 0 Å². The minimum absolute atomic E-state index is 0.0635. The molecule has 3 aromatic rings. The quantitative estimate of drug-likeness (QED) is 0.432. The molecule has 0 radical (unpaired) electrons.